The molecule has 3 heteroatoms. The van der Waals surface area contributed by atoms with Crippen LogP contribution in [0.3, 0.4) is 0 Å². The lowest BCUT2D eigenvalue weighted by molar-refractivity contribution is -0.147. The van der Waals surface area contributed by atoms with Gasteiger partial charge in [-0.2, -0.15) is 0 Å². The third-order valence-electron chi connectivity index (χ3n) is 5.30. The summed E-state index contributed by atoms with van der Waals surface area (Å²) in [5.74, 6) is 0.675. The first-order valence-corrected chi connectivity index (χ1v) is 8.52. The van der Waals surface area contributed by atoms with Crippen molar-refractivity contribution in [2.45, 2.75) is 64.0 Å². The fourth-order valence-electron chi connectivity index (χ4n) is 3.90. The monoisotopic (exact) mass is 288 g/mol. The fourth-order valence-corrected chi connectivity index (χ4v) is 3.90. The standard InChI is InChI=1S/C18H28N2O/c1-3-9-20-17(16-13-19-10-5-14(16)2)15-6-11-21-18(12-15)7-4-8-18/h5,10,13,15,17,20H,3-4,6-9,11-12H2,1-2H3. The summed E-state index contributed by atoms with van der Waals surface area (Å²) in [6.07, 6.45) is 11.4. The summed E-state index contributed by atoms with van der Waals surface area (Å²) in [5, 5.41) is 3.79. The van der Waals surface area contributed by atoms with Crippen molar-refractivity contribution in [1.29, 1.82) is 0 Å². The molecule has 3 nitrogen and oxygen atoms in total. The second-order valence-corrected chi connectivity index (χ2v) is 6.80. The molecule has 1 saturated heterocycles. The van der Waals surface area contributed by atoms with E-state index >= 15 is 0 Å². The van der Waals surface area contributed by atoms with Crippen molar-refractivity contribution >= 4 is 0 Å². The van der Waals surface area contributed by atoms with Gasteiger partial charge in [0.2, 0.25) is 0 Å². The second kappa shape index (κ2) is 6.45. The highest BCUT2D eigenvalue weighted by Crippen LogP contribution is 2.47. The maximum absolute atomic E-state index is 6.11. The van der Waals surface area contributed by atoms with E-state index in [9.17, 15) is 0 Å². The Morgan fingerprint density at radius 3 is 3.00 bits per heavy atom. The van der Waals surface area contributed by atoms with Gasteiger partial charge in [-0.1, -0.05) is 6.92 Å². The largest absolute Gasteiger partial charge is 0.375 e. The van der Waals surface area contributed by atoms with Crippen molar-refractivity contribution < 1.29 is 4.74 Å². The van der Waals surface area contributed by atoms with Gasteiger partial charge in [0.1, 0.15) is 0 Å². The quantitative estimate of drug-likeness (QED) is 0.895. The summed E-state index contributed by atoms with van der Waals surface area (Å²) in [7, 11) is 0. The van der Waals surface area contributed by atoms with E-state index in [0.717, 1.165) is 19.6 Å². The number of aryl methyl sites for hydroxylation is 1. The number of pyridine rings is 1. The molecule has 1 saturated carbocycles. The zero-order valence-corrected chi connectivity index (χ0v) is 13.4. The molecule has 2 atom stereocenters. The molecule has 0 radical (unpaired) electrons. The van der Waals surface area contributed by atoms with E-state index in [4.69, 9.17) is 4.74 Å². The summed E-state index contributed by atoms with van der Waals surface area (Å²) in [6, 6.07) is 2.56. The molecule has 21 heavy (non-hydrogen) atoms. The van der Waals surface area contributed by atoms with E-state index in [2.05, 4.69) is 36.4 Å². The van der Waals surface area contributed by atoms with E-state index < -0.39 is 0 Å². The Kier molecular flexibility index (Phi) is 4.60. The lowest BCUT2D eigenvalue weighted by Crippen LogP contribution is -2.48. The molecular weight excluding hydrogens is 260 g/mol. The lowest BCUT2D eigenvalue weighted by Gasteiger charge is -2.49. The molecule has 116 valence electrons. The average molecular weight is 288 g/mol. The van der Waals surface area contributed by atoms with Crippen LogP contribution in [-0.2, 0) is 4.74 Å². The molecule has 3 rings (SSSR count). The number of ether oxygens (including phenoxy) is 1. The van der Waals surface area contributed by atoms with Crippen LogP contribution in [0.5, 0.6) is 0 Å². The van der Waals surface area contributed by atoms with Crippen molar-refractivity contribution in [3.05, 3.63) is 29.6 Å². The van der Waals surface area contributed by atoms with E-state index in [0.29, 0.717) is 12.0 Å². The van der Waals surface area contributed by atoms with Crippen LogP contribution in [-0.4, -0.2) is 23.7 Å². The van der Waals surface area contributed by atoms with Crippen LogP contribution in [0.1, 0.15) is 62.6 Å². The van der Waals surface area contributed by atoms with E-state index in [1.807, 2.05) is 6.20 Å². The molecule has 1 aliphatic carbocycles. The predicted octanol–water partition coefficient (Wildman–Crippen LogP) is 3.78. The third-order valence-corrected chi connectivity index (χ3v) is 5.30. The van der Waals surface area contributed by atoms with Crippen LogP contribution in [0.4, 0.5) is 0 Å². The van der Waals surface area contributed by atoms with Gasteiger partial charge in [-0.25, -0.2) is 0 Å². The highest BCUT2D eigenvalue weighted by atomic mass is 16.5. The van der Waals surface area contributed by atoms with E-state index in [1.165, 1.54) is 43.2 Å². The summed E-state index contributed by atoms with van der Waals surface area (Å²) in [5.41, 5.74) is 2.95. The van der Waals surface area contributed by atoms with Crippen LogP contribution < -0.4 is 5.32 Å². The van der Waals surface area contributed by atoms with Crippen molar-refractivity contribution in [3.63, 3.8) is 0 Å². The first-order valence-electron chi connectivity index (χ1n) is 8.52. The smallest absolute Gasteiger partial charge is 0.0686 e. The Bertz CT molecular complexity index is 470. The van der Waals surface area contributed by atoms with Crippen LogP contribution in [0, 0.1) is 12.8 Å². The number of rotatable bonds is 5. The maximum atomic E-state index is 6.11. The van der Waals surface area contributed by atoms with Crippen molar-refractivity contribution in [2.75, 3.05) is 13.2 Å². The van der Waals surface area contributed by atoms with Crippen LogP contribution in [0.25, 0.3) is 0 Å². The number of nitrogens with zero attached hydrogens (tertiary/aromatic N) is 1. The minimum Gasteiger partial charge on any atom is -0.375 e. The lowest BCUT2D eigenvalue weighted by atomic mass is 9.69. The Morgan fingerprint density at radius 1 is 1.48 bits per heavy atom. The van der Waals surface area contributed by atoms with Gasteiger partial charge in [0.05, 0.1) is 5.60 Å². The summed E-state index contributed by atoms with van der Waals surface area (Å²) in [4.78, 5) is 4.37. The Balaban J connectivity index is 1.80. The molecule has 2 aliphatic rings. The van der Waals surface area contributed by atoms with Gasteiger partial charge >= 0.3 is 0 Å². The highest BCUT2D eigenvalue weighted by molar-refractivity contribution is 5.26. The predicted molar refractivity (Wildman–Crippen MR) is 85.3 cm³/mol. The zero-order valence-electron chi connectivity index (χ0n) is 13.4. The molecule has 0 amide bonds. The Hall–Kier alpha value is -0.930. The minimum atomic E-state index is 0.213. The number of aromatic nitrogens is 1. The van der Waals surface area contributed by atoms with Gasteiger partial charge < -0.3 is 10.1 Å². The van der Waals surface area contributed by atoms with Crippen molar-refractivity contribution in [3.8, 4) is 0 Å². The number of nitrogens with one attached hydrogen (secondary N) is 1. The van der Waals surface area contributed by atoms with Gasteiger partial charge in [-0.15, -0.1) is 0 Å². The molecule has 1 spiro atoms. The molecule has 1 aromatic heterocycles. The number of hydrogen-bond donors (Lipinski definition) is 1. The normalized spacial score (nSPS) is 25.5. The number of hydrogen-bond acceptors (Lipinski definition) is 3. The third kappa shape index (κ3) is 3.14. The van der Waals surface area contributed by atoms with E-state index in [-0.39, 0.29) is 5.60 Å². The van der Waals surface area contributed by atoms with Gasteiger partial charge in [0, 0.05) is 25.0 Å². The first-order chi connectivity index (χ1) is 10.2. The molecule has 1 aliphatic heterocycles. The molecule has 2 fully saturated rings. The Morgan fingerprint density at radius 2 is 2.33 bits per heavy atom. The topological polar surface area (TPSA) is 34.2 Å². The van der Waals surface area contributed by atoms with Gasteiger partial charge in [-0.05, 0) is 75.1 Å². The maximum Gasteiger partial charge on any atom is 0.0686 e. The van der Waals surface area contributed by atoms with Crippen LogP contribution in [0.15, 0.2) is 18.5 Å². The molecule has 1 N–H and O–H groups in total. The minimum absolute atomic E-state index is 0.213. The summed E-state index contributed by atoms with van der Waals surface area (Å²) >= 11 is 0. The van der Waals surface area contributed by atoms with Gasteiger partial charge in [0.15, 0.2) is 0 Å². The second-order valence-electron chi connectivity index (χ2n) is 6.80. The molecule has 0 bridgehead atoms. The Labute approximate surface area is 128 Å². The highest BCUT2D eigenvalue weighted by Gasteiger charge is 2.44. The molecule has 2 unspecified atom stereocenters. The van der Waals surface area contributed by atoms with Gasteiger partial charge in [-0.3, -0.25) is 4.98 Å². The molecule has 2 heterocycles. The molecule has 1 aromatic rings. The SMILES string of the molecule is CCCNC(c1cnccc1C)C1CCOC2(CCC2)C1. The summed E-state index contributed by atoms with van der Waals surface area (Å²) < 4.78 is 6.11. The first kappa shape index (κ1) is 15.0. The van der Waals surface area contributed by atoms with E-state index in [1.54, 1.807) is 0 Å². The van der Waals surface area contributed by atoms with Crippen molar-refractivity contribution in [1.82, 2.24) is 10.3 Å². The summed E-state index contributed by atoms with van der Waals surface area (Å²) in [6.45, 7) is 6.44. The average Bonchev–Trinajstić information content (AvgIpc) is 2.48. The van der Waals surface area contributed by atoms with Crippen molar-refractivity contribution in [2.24, 2.45) is 5.92 Å². The van der Waals surface area contributed by atoms with Gasteiger partial charge in [0.25, 0.3) is 0 Å². The molecular formula is C18H28N2O. The fraction of sp³-hybridized carbons (Fsp3) is 0.722. The molecule has 0 aromatic carbocycles. The van der Waals surface area contributed by atoms with Crippen LogP contribution >= 0.6 is 0 Å². The zero-order chi connectivity index (χ0) is 14.7. The van der Waals surface area contributed by atoms with Crippen LogP contribution in [0.2, 0.25) is 0 Å².